The van der Waals surface area contributed by atoms with Crippen molar-refractivity contribution in [2.45, 2.75) is 0 Å². The smallest absolute Gasteiger partial charge is 0.326 e. The van der Waals surface area contributed by atoms with Crippen molar-refractivity contribution in [2.75, 3.05) is 0 Å². The van der Waals surface area contributed by atoms with Crippen molar-refractivity contribution < 1.29 is 14.0 Å². The van der Waals surface area contributed by atoms with E-state index in [2.05, 4.69) is 10.6 Å². The third-order valence-electron chi connectivity index (χ3n) is 2.73. The number of hydrogen-bond donors (Lipinski definition) is 2. The van der Waals surface area contributed by atoms with Gasteiger partial charge in [0, 0.05) is 0 Å². The molecule has 0 radical (unpaired) electrons. The molecule has 3 rings (SSSR count). The summed E-state index contributed by atoms with van der Waals surface area (Å²) in [5, 5.41) is 4.78. The first-order valence-electron chi connectivity index (χ1n) is 5.50. The van der Waals surface area contributed by atoms with E-state index in [0.717, 1.165) is 0 Å². The molecule has 0 atom stereocenters. The third-order valence-corrected chi connectivity index (χ3v) is 2.73. The first kappa shape index (κ1) is 11.2. The first-order chi connectivity index (χ1) is 9.15. The summed E-state index contributed by atoms with van der Waals surface area (Å²) in [5.41, 5.74) is 0.427. The Morgan fingerprint density at radius 2 is 1.84 bits per heavy atom. The lowest BCUT2D eigenvalue weighted by atomic mass is 10.1. The summed E-state index contributed by atoms with van der Waals surface area (Å²) >= 11 is 0. The number of benzene rings is 1. The zero-order valence-electron chi connectivity index (χ0n) is 9.60. The predicted octanol–water partition coefficient (Wildman–Crippen LogP) is 0.973. The van der Waals surface area contributed by atoms with E-state index in [1.54, 1.807) is 24.3 Å². The Balaban J connectivity index is 2.14. The molecule has 6 nitrogen and oxygen atoms in total. The molecule has 1 aromatic heterocycles. The Morgan fingerprint density at radius 3 is 2.58 bits per heavy atom. The highest BCUT2D eigenvalue weighted by Crippen LogP contribution is 2.12. The molecule has 3 amide bonds. The van der Waals surface area contributed by atoms with Crippen molar-refractivity contribution >= 4 is 29.0 Å². The second-order valence-electron chi connectivity index (χ2n) is 3.98. The van der Waals surface area contributed by atoms with Gasteiger partial charge in [-0.1, -0.05) is 12.1 Å². The summed E-state index contributed by atoms with van der Waals surface area (Å²) in [7, 11) is 0. The van der Waals surface area contributed by atoms with Gasteiger partial charge in [0.05, 0.1) is 10.9 Å². The molecule has 0 saturated carbocycles. The summed E-state index contributed by atoms with van der Waals surface area (Å²) in [5.74, 6) is -0.572. The number of hydrogen-bond acceptors (Lipinski definition) is 4. The number of imide groups is 1. The topological polar surface area (TPSA) is 88.4 Å². The molecular weight excluding hydrogens is 248 g/mol. The summed E-state index contributed by atoms with van der Waals surface area (Å²) in [6.45, 7) is 0. The number of amides is 3. The molecule has 1 aromatic carbocycles. The van der Waals surface area contributed by atoms with E-state index in [4.69, 9.17) is 4.42 Å². The van der Waals surface area contributed by atoms with Crippen LogP contribution in [-0.2, 0) is 4.79 Å². The molecule has 1 fully saturated rings. The molecule has 0 aliphatic carbocycles. The molecule has 2 N–H and O–H groups in total. The number of para-hydroxylation sites is 1. The number of urea groups is 1. The third kappa shape index (κ3) is 1.89. The lowest BCUT2D eigenvalue weighted by molar-refractivity contribution is -0.115. The maximum absolute atomic E-state index is 12.2. The van der Waals surface area contributed by atoms with E-state index < -0.39 is 11.9 Å². The van der Waals surface area contributed by atoms with E-state index in [1.807, 2.05) is 0 Å². The minimum atomic E-state index is -0.610. The van der Waals surface area contributed by atoms with Crippen LogP contribution in [0.5, 0.6) is 0 Å². The van der Waals surface area contributed by atoms with Crippen molar-refractivity contribution in [1.29, 1.82) is 0 Å². The molecule has 0 unspecified atom stereocenters. The Morgan fingerprint density at radius 1 is 1.05 bits per heavy atom. The molecule has 1 aliphatic rings. The Kier molecular flexibility index (Phi) is 2.42. The minimum Gasteiger partial charge on any atom is -0.463 e. The maximum atomic E-state index is 12.2. The van der Waals surface area contributed by atoms with Gasteiger partial charge in [-0.25, -0.2) is 4.79 Å². The van der Waals surface area contributed by atoms with Crippen LogP contribution in [0.15, 0.2) is 45.4 Å². The molecule has 94 valence electrons. The van der Waals surface area contributed by atoms with Crippen molar-refractivity contribution in [3.63, 3.8) is 0 Å². The Labute approximate surface area is 106 Å². The second-order valence-corrected chi connectivity index (χ2v) is 3.98. The van der Waals surface area contributed by atoms with Gasteiger partial charge in [-0.05, 0) is 18.2 Å². The van der Waals surface area contributed by atoms with E-state index in [1.165, 1.54) is 12.3 Å². The van der Waals surface area contributed by atoms with Crippen LogP contribution in [0, 0.1) is 0 Å². The first-order valence-corrected chi connectivity index (χ1v) is 5.50. The van der Waals surface area contributed by atoms with Crippen LogP contribution in [0.25, 0.3) is 17.0 Å². The van der Waals surface area contributed by atoms with Gasteiger partial charge in [0.25, 0.3) is 5.91 Å². The summed E-state index contributed by atoms with van der Waals surface area (Å²) in [6, 6.07) is 6.18. The number of rotatable bonds is 1. The quantitative estimate of drug-likeness (QED) is 0.588. The zero-order chi connectivity index (χ0) is 13.4. The Hall–Kier alpha value is -2.89. The second kappa shape index (κ2) is 4.09. The fourth-order valence-electron chi connectivity index (χ4n) is 1.83. The van der Waals surface area contributed by atoms with Crippen LogP contribution in [0.1, 0.15) is 5.56 Å². The lowest BCUT2D eigenvalue weighted by Crippen LogP contribution is -2.22. The van der Waals surface area contributed by atoms with Crippen molar-refractivity contribution in [3.8, 4) is 0 Å². The molecule has 19 heavy (non-hydrogen) atoms. The van der Waals surface area contributed by atoms with Crippen LogP contribution < -0.4 is 16.1 Å². The van der Waals surface area contributed by atoms with Gasteiger partial charge in [0.15, 0.2) is 5.43 Å². The van der Waals surface area contributed by atoms with Gasteiger partial charge < -0.3 is 9.73 Å². The van der Waals surface area contributed by atoms with Crippen LogP contribution >= 0.6 is 0 Å². The molecule has 2 aromatic rings. The summed E-state index contributed by atoms with van der Waals surface area (Å²) in [4.78, 5) is 34.5. The van der Waals surface area contributed by atoms with Crippen LogP contribution in [-0.4, -0.2) is 11.9 Å². The molecule has 2 heterocycles. The van der Waals surface area contributed by atoms with Gasteiger partial charge >= 0.3 is 6.03 Å². The minimum absolute atomic E-state index is 0.0209. The summed E-state index contributed by atoms with van der Waals surface area (Å²) in [6.07, 6.45) is 2.55. The Bertz CT molecular complexity index is 789. The van der Waals surface area contributed by atoms with E-state index in [-0.39, 0.29) is 16.7 Å². The highest BCUT2D eigenvalue weighted by Gasteiger charge is 2.23. The molecule has 1 saturated heterocycles. The fourth-order valence-corrected chi connectivity index (χ4v) is 1.83. The van der Waals surface area contributed by atoms with Gasteiger partial charge in [-0.15, -0.1) is 0 Å². The molecule has 1 aliphatic heterocycles. The maximum Gasteiger partial charge on any atom is 0.326 e. The van der Waals surface area contributed by atoms with Crippen molar-refractivity contribution in [3.05, 3.63) is 52.0 Å². The number of fused-ring (bicyclic) bond motifs is 1. The van der Waals surface area contributed by atoms with Gasteiger partial charge in [0.2, 0.25) is 0 Å². The van der Waals surface area contributed by atoms with Gasteiger partial charge in [-0.3, -0.25) is 14.9 Å². The SMILES string of the molecule is O=C1NC(=O)C(=Cc2coc3ccccc3c2=O)N1. The molecule has 0 spiro atoms. The van der Waals surface area contributed by atoms with Crippen LogP contribution in [0.4, 0.5) is 4.79 Å². The number of nitrogens with one attached hydrogen (secondary N) is 2. The average molecular weight is 256 g/mol. The highest BCUT2D eigenvalue weighted by atomic mass is 16.3. The highest BCUT2D eigenvalue weighted by molar-refractivity contribution is 6.14. The lowest BCUT2D eigenvalue weighted by Gasteiger charge is -1.98. The molecular formula is C13H8N2O4. The largest absolute Gasteiger partial charge is 0.463 e. The van der Waals surface area contributed by atoms with Crippen LogP contribution in [0.2, 0.25) is 0 Å². The fraction of sp³-hybridized carbons (Fsp3) is 0. The average Bonchev–Trinajstić information content (AvgIpc) is 2.72. The van der Waals surface area contributed by atoms with Gasteiger partial charge in [-0.2, -0.15) is 0 Å². The van der Waals surface area contributed by atoms with Crippen molar-refractivity contribution in [1.82, 2.24) is 10.6 Å². The summed E-state index contributed by atoms with van der Waals surface area (Å²) < 4.78 is 5.31. The zero-order valence-corrected chi connectivity index (χ0v) is 9.60. The normalized spacial score (nSPS) is 16.7. The standard InChI is InChI=1S/C13H8N2O4/c16-11-7(5-9-12(17)15-13(18)14-9)6-19-10-4-2-1-3-8(10)11/h1-6H,(H2,14,15,17,18). The van der Waals surface area contributed by atoms with E-state index in [9.17, 15) is 14.4 Å². The van der Waals surface area contributed by atoms with Gasteiger partial charge in [0.1, 0.15) is 17.5 Å². The monoisotopic (exact) mass is 256 g/mol. The van der Waals surface area contributed by atoms with E-state index >= 15 is 0 Å². The molecule has 0 bridgehead atoms. The van der Waals surface area contributed by atoms with E-state index in [0.29, 0.717) is 11.0 Å². The van der Waals surface area contributed by atoms with Crippen LogP contribution in [0.3, 0.4) is 0 Å². The van der Waals surface area contributed by atoms with Crippen molar-refractivity contribution in [2.24, 2.45) is 0 Å². The number of carbonyl (C=O) groups is 2. The number of carbonyl (C=O) groups excluding carboxylic acids is 2. The predicted molar refractivity (Wildman–Crippen MR) is 67.1 cm³/mol. The molecule has 6 heteroatoms.